The number of carbonyl (C=O) groups is 1. The van der Waals surface area contributed by atoms with E-state index in [1.54, 1.807) is 29.2 Å². The Balaban J connectivity index is 1.86. The lowest BCUT2D eigenvalue weighted by Gasteiger charge is -2.33. The Hall–Kier alpha value is -1.77. The minimum Gasteiger partial charge on any atom is -0.322 e. The van der Waals surface area contributed by atoms with Crippen molar-refractivity contribution in [2.24, 2.45) is 0 Å². The van der Waals surface area contributed by atoms with E-state index >= 15 is 0 Å². The lowest BCUT2D eigenvalue weighted by atomic mass is 10.3. The number of nitriles is 1. The number of amides is 2. The molecule has 100 valence electrons. The van der Waals surface area contributed by atoms with Crippen LogP contribution in [0.1, 0.15) is 0 Å². The van der Waals surface area contributed by atoms with E-state index < -0.39 is 0 Å². The van der Waals surface area contributed by atoms with Crippen molar-refractivity contribution in [3.63, 3.8) is 0 Å². The molecule has 1 heterocycles. The molecule has 1 aromatic rings. The molecule has 1 saturated heterocycles. The van der Waals surface area contributed by atoms with Crippen molar-refractivity contribution in [1.29, 1.82) is 5.26 Å². The van der Waals surface area contributed by atoms with Gasteiger partial charge in [-0.15, -0.1) is 0 Å². The first kappa shape index (κ1) is 13.7. The summed E-state index contributed by atoms with van der Waals surface area (Å²) in [5.74, 6) is 0. The second-order valence-electron chi connectivity index (χ2n) is 4.36. The molecule has 1 aliphatic rings. The molecule has 0 unspecified atom stereocenters. The first-order valence-corrected chi connectivity index (χ1v) is 6.47. The fourth-order valence-electron chi connectivity index (χ4n) is 1.98. The predicted octanol–water partition coefficient (Wildman–Crippen LogP) is 2.01. The maximum atomic E-state index is 12.0. The smallest absolute Gasteiger partial charge is 0.321 e. The molecule has 6 heteroatoms. The normalized spacial score (nSPS) is 15.9. The molecule has 1 fully saturated rings. The van der Waals surface area contributed by atoms with Gasteiger partial charge in [0, 0.05) is 36.9 Å². The Labute approximate surface area is 117 Å². The number of halogens is 1. The van der Waals surface area contributed by atoms with Gasteiger partial charge in [0.05, 0.1) is 12.6 Å². The molecule has 5 nitrogen and oxygen atoms in total. The number of anilines is 1. The Morgan fingerprint density at radius 2 is 2.11 bits per heavy atom. The molecule has 0 bridgehead atoms. The molecular weight excluding hydrogens is 264 g/mol. The minimum absolute atomic E-state index is 0.126. The molecule has 1 aliphatic heterocycles. The van der Waals surface area contributed by atoms with Crippen LogP contribution in [0.15, 0.2) is 24.3 Å². The van der Waals surface area contributed by atoms with Gasteiger partial charge in [-0.25, -0.2) is 4.79 Å². The average molecular weight is 279 g/mol. The van der Waals surface area contributed by atoms with Crippen molar-refractivity contribution in [3.05, 3.63) is 29.3 Å². The van der Waals surface area contributed by atoms with E-state index in [1.165, 1.54) is 0 Å². The zero-order chi connectivity index (χ0) is 13.7. The van der Waals surface area contributed by atoms with E-state index in [0.717, 1.165) is 13.1 Å². The largest absolute Gasteiger partial charge is 0.322 e. The van der Waals surface area contributed by atoms with E-state index in [2.05, 4.69) is 11.4 Å². The van der Waals surface area contributed by atoms with Gasteiger partial charge in [-0.2, -0.15) is 5.26 Å². The van der Waals surface area contributed by atoms with Gasteiger partial charge in [0.25, 0.3) is 0 Å². The highest BCUT2D eigenvalue weighted by atomic mass is 35.5. The van der Waals surface area contributed by atoms with E-state index in [0.29, 0.717) is 30.3 Å². The number of carbonyl (C=O) groups excluding carboxylic acids is 1. The molecule has 0 aromatic heterocycles. The van der Waals surface area contributed by atoms with Gasteiger partial charge in [0.2, 0.25) is 0 Å². The van der Waals surface area contributed by atoms with Crippen LogP contribution in [-0.2, 0) is 0 Å². The summed E-state index contributed by atoms with van der Waals surface area (Å²) in [6.45, 7) is 3.15. The van der Waals surface area contributed by atoms with E-state index in [1.807, 2.05) is 4.90 Å². The number of rotatable bonds is 2. The van der Waals surface area contributed by atoms with Gasteiger partial charge in [0.15, 0.2) is 0 Å². The van der Waals surface area contributed by atoms with Crippen molar-refractivity contribution >= 4 is 23.3 Å². The Kier molecular flexibility index (Phi) is 4.61. The molecule has 0 saturated carbocycles. The quantitative estimate of drug-likeness (QED) is 0.842. The number of nitrogens with one attached hydrogen (secondary N) is 1. The van der Waals surface area contributed by atoms with Gasteiger partial charge < -0.3 is 10.2 Å². The molecule has 0 spiro atoms. The fraction of sp³-hybridized carbons (Fsp3) is 0.385. The van der Waals surface area contributed by atoms with Crippen molar-refractivity contribution in [3.8, 4) is 6.07 Å². The highest BCUT2D eigenvalue weighted by Crippen LogP contribution is 2.15. The number of hydrogen-bond donors (Lipinski definition) is 1. The summed E-state index contributed by atoms with van der Waals surface area (Å²) < 4.78 is 0. The van der Waals surface area contributed by atoms with Gasteiger partial charge in [-0.05, 0) is 18.2 Å². The zero-order valence-corrected chi connectivity index (χ0v) is 11.2. The summed E-state index contributed by atoms with van der Waals surface area (Å²) in [5, 5.41) is 12.0. The highest BCUT2D eigenvalue weighted by Gasteiger charge is 2.20. The number of piperazine rings is 1. The van der Waals surface area contributed by atoms with Crippen molar-refractivity contribution in [1.82, 2.24) is 9.80 Å². The maximum absolute atomic E-state index is 12.0. The van der Waals surface area contributed by atoms with Crippen LogP contribution in [0.3, 0.4) is 0 Å². The second kappa shape index (κ2) is 6.41. The standard InChI is InChI=1S/C13H15ClN4O/c14-11-2-1-3-12(10-11)16-13(19)18-8-6-17(5-4-15)7-9-18/h1-3,10H,5-9H2,(H,16,19). The SMILES string of the molecule is N#CCN1CCN(C(=O)Nc2cccc(Cl)c2)CC1. The summed E-state index contributed by atoms with van der Waals surface area (Å²) in [7, 11) is 0. The van der Waals surface area contributed by atoms with Crippen LogP contribution in [0.2, 0.25) is 5.02 Å². The van der Waals surface area contributed by atoms with Crippen molar-refractivity contribution in [2.75, 3.05) is 38.0 Å². The zero-order valence-electron chi connectivity index (χ0n) is 10.5. The molecule has 2 amide bonds. The summed E-state index contributed by atoms with van der Waals surface area (Å²) in [6, 6.07) is 9.06. The second-order valence-corrected chi connectivity index (χ2v) is 4.80. The third-order valence-corrected chi connectivity index (χ3v) is 3.26. The van der Waals surface area contributed by atoms with Crippen LogP contribution in [-0.4, -0.2) is 48.6 Å². The highest BCUT2D eigenvalue weighted by molar-refractivity contribution is 6.30. The number of hydrogen-bond acceptors (Lipinski definition) is 3. The van der Waals surface area contributed by atoms with Gasteiger partial charge in [-0.1, -0.05) is 17.7 Å². The topological polar surface area (TPSA) is 59.4 Å². The number of benzene rings is 1. The maximum Gasteiger partial charge on any atom is 0.321 e. The monoisotopic (exact) mass is 278 g/mol. The van der Waals surface area contributed by atoms with Gasteiger partial charge in [0.1, 0.15) is 0 Å². The fourth-order valence-corrected chi connectivity index (χ4v) is 2.17. The molecule has 0 radical (unpaired) electrons. The molecule has 19 heavy (non-hydrogen) atoms. The predicted molar refractivity (Wildman–Crippen MR) is 74.1 cm³/mol. The minimum atomic E-state index is -0.126. The molecule has 0 atom stereocenters. The molecule has 2 rings (SSSR count). The Morgan fingerprint density at radius 1 is 1.37 bits per heavy atom. The van der Waals surface area contributed by atoms with Crippen LogP contribution in [0.5, 0.6) is 0 Å². The summed E-state index contributed by atoms with van der Waals surface area (Å²) in [4.78, 5) is 15.8. The van der Waals surface area contributed by atoms with Crippen LogP contribution in [0.25, 0.3) is 0 Å². The first-order valence-electron chi connectivity index (χ1n) is 6.10. The van der Waals surface area contributed by atoms with E-state index in [9.17, 15) is 4.79 Å². The van der Waals surface area contributed by atoms with Crippen LogP contribution in [0, 0.1) is 11.3 Å². The summed E-state index contributed by atoms with van der Waals surface area (Å²) in [5.41, 5.74) is 0.692. The average Bonchev–Trinajstić information content (AvgIpc) is 2.40. The van der Waals surface area contributed by atoms with E-state index in [4.69, 9.17) is 16.9 Å². The third-order valence-electron chi connectivity index (χ3n) is 3.03. The molecule has 1 aromatic carbocycles. The van der Waals surface area contributed by atoms with Crippen molar-refractivity contribution < 1.29 is 4.79 Å². The van der Waals surface area contributed by atoms with Crippen LogP contribution in [0.4, 0.5) is 10.5 Å². The lowest BCUT2D eigenvalue weighted by molar-refractivity contribution is 0.156. The third kappa shape index (κ3) is 3.85. The molecular formula is C13H15ClN4O. The number of nitrogens with zero attached hydrogens (tertiary/aromatic N) is 3. The summed E-state index contributed by atoms with van der Waals surface area (Å²) in [6.07, 6.45) is 0. The molecule has 0 aliphatic carbocycles. The lowest BCUT2D eigenvalue weighted by Crippen LogP contribution is -2.50. The Morgan fingerprint density at radius 3 is 2.74 bits per heavy atom. The van der Waals surface area contributed by atoms with Crippen LogP contribution < -0.4 is 5.32 Å². The van der Waals surface area contributed by atoms with E-state index in [-0.39, 0.29) is 6.03 Å². The molecule has 1 N–H and O–H groups in total. The first-order chi connectivity index (χ1) is 9.19. The van der Waals surface area contributed by atoms with Crippen LogP contribution >= 0.6 is 11.6 Å². The summed E-state index contributed by atoms with van der Waals surface area (Å²) >= 11 is 5.87. The van der Waals surface area contributed by atoms with Gasteiger partial charge >= 0.3 is 6.03 Å². The Bertz CT molecular complexity index is 492. The number of urea groups is 1. The van der Waals surface area contributed by atoms with Gasteiger partial charge in [-0.3, -0.25) is 4.90 Å². The van der Waals surface area contributed by atoms with Crippen molar-refractivity contribution in [2.45, 2.75) is 0 Å².